The lowest BCUT2D eigenvalue weighted by molar-refractivity contribution is -0.135. The topological polar surface area (TPSA) is 84.1 Å². The number of hydrogen-bond acceptors (Lipinski definition) is 4. The lowest BCUT2D eigenvalue weighted by atomic mass is 10.1. The van der Waals surface area contributed by atoms with Crippen molar-refractivity contribution in [2.75, 3.05) is 12.4 Å². The lowest BCUT2D eigenvalue weighted by Crippen LogP contribution is -2.18. The van der Waals surface area contributed by atoms with Gasteiger partial charge in [-0.15, -0.1) is 0 Å². The van der Waals surface area contributed by atoms with Crippen molar-refractivity contribution in [3.63, 3.8) is 0 Å². The van der Waals surface area contributed by atoms with Gasteiger partial charge in [0.15, 0.2) is 0 Å². The third-order valence-electron chi connectivity index (χ3n) is 4.02. The highest BCUT2D eigenvalue weighted by Gasteiger charge is 2.14. The number of fused-ring (bicyclic) bond motifs is 1. The number of benzene rings is 2. The Kier molecular flexibility index (Phi) is 5.33. The Morgan fingerprint density at radius 2 is 1.85 bits per heavy atom. The van der Waals surface area contributed by atoms with Crippen LogP contribution in [-0.4, -0.2) is 23.6 Å². The van der Waals surface area contributed by atoms with Gasteiger partial charge in [-0.25, -0.2) is 4.79 Å². The van der Waals surface area contributed by atoms with Crippen LogP contribution in [0.3, 0.4) is 0 Å². The number of methoxy groups -OCH3 is 1. The largest absolute Gasteiger partial charge is 0.465 e. The van der Waals surface area contributed by atoms with Crippen LogP contribution in [0.1, 0.15) is 5.56 Å². The first-order valence-corrected chi connectivity index (χ1v) is 8.25. The molecule has 0 unspecified atom stereocenters. The third kappa shape index (κ3) is 4.05. The first-order chi connectivity index (χ1) is 13.1. The minimum Gasteiger partial charge on any atom is -0.465 e. The van der Waals surface area contributed by atoms with Crippen molar-refractivity contribution in [3.05, 3.63) is 71.9 Å². The molecule has 1 heterocycles. The molecule has 0 saturated carbocycles. The summed E-state index contributed by atoms with van der Waals surface area (Å²) in [5, 5.41) is 12.9. The average molecular weight is 359 g/mol. The number of hydrogen-bond donors (Lipinski definition) is 1. The molecule has 0 fully saturated rings. The molecule has 1 aromatic heterocycles. The van der Waals surface area contributed by atoms with Gasteiger partial charge in [-0.2, -0.15) is 5.26 Å². The number of rotatable bonds is 5. The molecule has 1 amide bonds. The van der Waals surface area contributed by atoms with Crippen molar-refractivity contribution in [1.82, 2.24) is 4.57 Å². The van der Waals surface area contributed by atoms with Crippen LogP contribution in [0.5, 0.6) is 0 Å². The van der Waals surface area contributed by atoms with Crippen molar-refractivity contribution in [2.24, 2.45) is 0 Å². The van der Waals surface area contributed by atoms with E-state index in [1.807, 2.05) is 60.7 Å². The predicted molar refractivity (Wildman–Crippen MR) is 103 cm³/mol. The average Bonchev–Trinajstić information content (AvgIpc) is 3.03. The fraction of sp³-hybridized carbons (Fsp3) is 0.0952. The summed E-state index contributed by atoms with van der Waals surface area (Å²) in [7, 11) is 1.23. The number of carbonyl (C=O) groups is 2. The first-order valence-electron chi connectivity index (χ1n) is 8.25. The normalized spacial score (nSPS) is 11.0. The quantitative estimate of drug-likeness (QED) is 0.430. The van der Waals surface area contributed by atoms with Gasteiger partial charge >= 0.3 is 5.97 Å². The maximum atomic E-state index is 12.4. The lowest BCUT2D eigenvalue weighted by Gasteiger charge is -2.07. The summed E-state index contributed by atoms with van der Waals surface area (Å²) in [5.41, 5.74) is 2.11. The Hall–Kier alpha value is -3.85. The van der Waals surface area contributed by atoms with E-state index in [0.717, 1.165) is 16.6 Å². The molecule has 2 aromatic carbocycles. The number of para-hydroxylation sites is 2. The molecule has 0 saturated heterocycles. The summed E-state index contributed by atoms with van der Waals surface area (Å²) in [4.78, 5) is 24.1. The Morgan fingerprint density at radius 3 is 2.56 bits per heavy atom. The second kappa shape index (κ2) is 8.02. The second-order valence-electron chi connectivity index (χ2n) is 5.81. The second-order valence-corrected chi connectivity index (χ2v) is 5.81. The highest BCUT2D eigenvalue weighted by Crippen LogP contribution is 2.24. The zero-order valence-electron chi connectivity index (χ0n) is 14.7. The van der Waals surface area contributed by atoms with E-state index in [2.05, 4.69) is 10.1 Å². The van der Waals surface area contributed by atoms with Gasteiger partial charge in [0.25, 0.3) is 0 Å². The van der Waals surface area contributed by atoms with Crippen LogP contribution in [-0.2, 0) is 20.9 Å². The molecule has 0 aliphatic rings. The summed E-state index contributed by atoms with van der Waals surface area (Å²) in [6, 6.07) is 18.5. The molecule has 134 valence electrons. The molecule has 0 spiro atoms. The Morgan fingerprint density at radius 1 is 1.15 bits per heavy atom. The molecule has 0 bridgehead atoms. The molecular formula is C21H17N3O3. The third-order valence-corrected chi connectivity index (χ3v) is 4.02. The van der Waals surface area contributed by atoms with Crippen molar-refractivity contribution in [3.8, 4) is 6.07 Å². The Labute approximate surface area is 156 Å². The minimum absolute atomic E-state index is 0.101. The van der Waals surface area contributed by atoms with E-state index in [1.165, 1.54) is 13.2 Å². The molecule has 27 heavy (non-hydrogen) atoms. The Balaban J connectivity index is 1.93. The van der Waals surface area contributed by atoms with E-state index in [9.17, 15) is 14.9 Å². The van der Waals surface area contributed by atoms with Crippen molar-refractivity contribution < 1.29 is 14.3 Å². The van der Waals surface area contributed by atoms with E-state index >= 15 is 0 Å². The van der Waals surface area contributed by atoms with E-state index in [1.54, 1.807) is 10.8 Å². The van der Waals surface area contributed by atoms with E-state index in [0.29, 0.717) is 5.56 Å². The van der Waals surface area contributed by atoms with Crippen LogP contribution >= 0.6 is 0 Å². The van der Waals surface area contributed by atoms with Crippen molar-refractivity contribution >= 4 is 34.5 Å². The van der Waals surface area contributed by atoms with Crippen LogP contribution in [0.25, 0.3) is 17.0 Å². The molecule has 0 aliphatic heterocycles. The molecule has 0 aliphatic carbocycles. The van der Waals surface area contributed by atoms with Crippen LogP contribution in [0.15, 0.2) is 66.4 Å². The standard InChI is InChI=1S/C21H17N3O3/c1-27-21(26)15(12-22)11-16-13-24(19-10-6-5-9-18(16)19)14-20(25)23-17-7-3-2-4-8-17/h2-11,13H,14H2,1H3,(H,23,25)/b15-11+. The predicted octanol–water partition coefficient (Wildman–Crippen LogP) is 3.36. The molecular weight excluding hydrogens is 342 g/mol. The zero-order valence-corrected chi connectivity index (χ0v) is 14.7. The van der Waals surface area contributed by atoms with Gasteiger partial charge in [-0.05, 0) is 24.3 Å². The number of esters is 1. The molecule has 0 radical (unpaired) electrons. The number of nitrogens with zero attached hydrogens (tertiary/aromatic N) is 2. The minimum atomic E-state index is -0.698. The zero-order chi connectivity index (χ0) is 19.2. The Bertz CT molecular complexity index is 1060. The van der Waals surface area contributed by atoms with Gasteiger partial charge in [-0.1, -0.05) is 36.4 Å². The molecule has 1 N–H and O–H groups in total. The summed E-state index contributed by atoms with van der Waals surface area (Å²) in [6.45, 7) is 0.101. The van der Waals surface area contributed by atoms with Gasteiger partial charge in [0.1, 0.15) is 18.2 Å². The van der Waals surface area contributed by atoms with Crippen LogP contribution < -0.4 is 5.32 Å². The number of nitrogens with one attached hydrogen (secondary N) is 1. The van der Waals surface area contributed by atoms with E-state index in [-0.39, 0.29) is 18.0 Å². The molecule has 3 aromatic rings. The van der Waals surface area contributed by atoms with Crippen LogP contribution in [0, 0.1) is 11.3 Å². The highest BCUT2D eigenvalue weighted by molar-refractivity contribution is 6.01. The van der Waals surface area contributed by atoms with Gasteiger partial charge in [0, 0.05) is 28.4 Å². The van der Waals surface area contributed by atoms with Crippen LogP contribution in [0.2, 0.25) is 0 Å². The number of carbonyl (C=O) groups excluding carboxylic acids is 2. The fourth-order valence-electron chi connectivity index (χ4n) is 2.80. The monoisotopic (exact) mass is 359 g/mol. The smallest absolute Gasteiger partial charge is 0.348 e. The van der Waals surface area contributed by atoms with Gasteiger partial charge in [0.05, 0.1) is 7.11 Å². The molecule has 0 atom stereocenters. The summed E-state index contributed by atoms with van der Waals surface area (Å²) in [5.74, 6) is -0.873. The van der Waals surface area contributed by atoms with Gasteiger partial charge < -0.3 is 14.6 Å². The van der Waals surface area contributed by atoms with Crippen LogP contribution in [0.4, 0.5) is 5.69 Å². The summed E-state index contributed by atoms with van der Waals surface area (Å²) < 4.78 is 6.41. The SMILES string of the molecule is COC(=O)/C(C#N)=C/c1cn(CC(=O)Nc2ccccc2)c2ccccc12. The first kappa shape index (κ1) is 18.0. The maximum absolute atomic E-state index is 12.4. The molecule has 3 rings (SSSR count). The van der Waals surface area contributed by atoms with Crippen molar-refractivity contribution in [1.29, 1.82) is 5.26 Å². The van der Waals surface area contributed by atoms with Gasteiger partial charge in [0.2, 0.25) is 5.91 Å². The number of nitriles is 1. The number of anilines is 1. The maximum Gasteiger partial charge on any atom is 0.348 e. The number of ether oxygens (including phenoxy) is 1. The summed E-state index contributed by atoms with van der Waals surface area (Å²) >= 11 is 0. The number of amides is 1. The molecule has 6 nitrogen and oxygen atoms in total. The summed E-state index contributed by atoms with van der Waals surface area (Å²) in [6.07, 6.45) is 3.22. The van der Waals surface area contributed by atoms with Gasteiger partial charge in [-0.3, -0.25) is 4.79 Å². The number of aromatic nitrogens is 1. The highest BCUT2D eigenvalue weighted by atomic mass is 16.5. The molecule has 6 heteroatoms. The van der Waals surface area contributed by atoms with E-state index < -0.39 is 5.97 Å². The van der Waals surface area contributed by atoms with Crippen molar-refractivity contribution in [2.45, 2.75) is 6.54 Å². The van der Waals surface area contributed by atoms with E-state index in [4.69, 9.17) is 0 Å². The fourth-order valence-corrected chi connectivity index (χ4v) is 2.80.